The van der Waals surface area contributed by atoms with E-state index in [4.69, 9.17) is 0 Å². The number of benzene rings is 1. The molecule has 0 unspecified atom stereocenters. The lowest BCUT2D eigenvalue weighted by Crippen LogP contribution is -2.17. The molecule has 1 aromatic carbocycles. The van der Waals surface area contributed by atoms with Crippen LogP contribution in [0.1, 0.15) is 17.2 Å². The first-order valence-corrected chi connectivity index (χ1v) is 6.98. The van der Waals surface area contributed by atoms with Gasteiger partial charge in [0.25, 0.3) is 0 Å². The minimum atomic E-state index is -4.55. The van der Waals surface area contributed by atoms with E-state index in [0.29, 0.717) is 5.69 Å². The van der Waals surface area contributed by atoms with Gasteiger partial charge in [-0.2, -0.15) is 13.2 Å². The highest BCUT2D eigenvalue weighted by atomic mass is 19.4. The van der Waals surface area contributed by atoms with Gasteiger partial charge in [0.2, 0.25) is 5.82 Å². The maximum atomic E-state index is 13.1. The Bertz CT molecular complexity index is 819. The van der Waals surface area contributed by atoms with Crippen LogP contribution in [0.15, 0.2) is 48.7 Å². The average molecular weight is 335 g/mol. The molecule has 0 aliphatic carbocycles. The van der Waals surface area contributed by atoms with Crippen LogP contribution in [0, 0.1) is 0 Å². The van der Waals surface area contributed by atoms with Crippen molar-refractivity contribution in [2.75, 3.05) is 0 Å². The van der Waals surface area contributed by atoms with E-state index in [9.17, 15) is 18.3 Å². The van der Waals surface area contributed by atoms with Crippen molar-refractivity contribution in [1.29, 1.82) is 0 Å². The van der Waals surface area contributed by atoms with Crippen LogP contribution in [-0.2, 0) is 12.7 Å². The van der Waals surface area contributed by atoms with E-state index < -0.39 is 17.8 Å². The summed E-state index contributed by atoms with van der Waals surface area (Å²) in [6, 6.07) is 9.99. The summed E-state index contributed by atoms with van der Waals surface area (Å²) in [6.45, 7) is -0.230. The highest BCUT2D eigenvalue weighted by Gasteiger charge is 2.34. The van der Waals surface area contributed by atoms with E-state index in [1.807, 2.05) is 0 Å². The third-order valence-electron chi connectivity index (χ3n) is 3.40. The van der Waals surface area contributed by atoms with Gasteiger partial charge in [-0.3, -0.25) is 4.98 Å². The number of aliphatic hydroxyl groups is 1. The van der Waals surface area contributed by atoms with Gasteiger partial charge in [-0.1, -0.05) is 24.3 Å². The number of aromatic nitrogens is 5. The van der Waals surface area contributed by atoms with Crippen LogP contribution in [0.3, 0.4) is 0 Å². The minimum Gasteiger partial charge on any atom is -0.386 e. The Morgan fingerprint density at radius 2 is 1.83 bits per heavy atom. The fourth-order valence-corrected chi connectivity index (χ4v) is 2.31. The number of nitrogens with zero attached hydrogens (tertiary/aromatic N) is 5. The summed E-state index contributed by atoms with van der Waals surface area (Å²) in [7, 11) is 0. The summed E-state index contributed by atoms with van der Waals surface area (Å²) in [5.74, 6) is 0.263. The SMILES string of the molecule is O[C@@H](Cn1nnnc1-c1ccccn1)c1ccccc1C(F)(F)F. The molecule has 0 saturated carbocycles. The number of aliphatic hydroxyl groups excluding tert-OH is 1. The van der Waals surface area contributed by atoms with Gasteiger partial charge in [-0.25, -0.2) is 4.68 Å². The van der Waals surface area contributed by atoms with Crippen molar-refractivity contribution in [3.63, 3.8) is 0 Å². The summed E-state index contributed by atoms with van der Waals surface area (Å²) >= 11 is 0. The van der Waals surface area contributed by atoms with Gasteiger partial charge in [-0.15, -0.1) is 5.10 Å². The summed E-state index contributed by atoms with van der Waals surface area (Å²) in [5, 5.41) is 21.3. The van der Waals surface area contributed by atoms with Gasteiger partial charge in [0.1, 0.15) is 5.69 Å². The minimum absolute atomic E-state index is 0.229. The van der Waals surface area contributed by atoms with Crippen molar-refractivity contribution >= 4 is 0 Å². The van der Waals surface area contributed by atoms with Crippen molar-refractivity contribution < 1.29 is 18.3 Å². The topological polar surface area (TPSA) is 76.7 Å². The first kappa shape index (κ1) is 16.1. The maximum Gasteiger partial charge on any atom is 0.416 e. The fourth-order valence-electron chi connectivity index (χ4n) is 2.31. The van der Waals surface area contributed by atoms with E-state index in [0.717, 1.165) is 6.07 Å². The molecule has 0 bridgehead atoms. The Labute approximate surface area is 134 Å². The number of pyridine rings is 1. The fraction of sp³-hybridized carbons (Fsp3) is 0.200. The maximum absolute atomic E-state index is 13.1. The molecule has 1 N–H and O–H groups in total. The molecule has 0 aliphatic heterocycles. The largest absolute Gasteiger partial charge is 0.416 e. The molecule has 1 atom stereocenters. The molecule has 124 valence electrons. The summed E-state index contributed by atoms with van der Waals surface area (Å²) < 4.78 is 40.4. The van der Waals surface area contributed by atoms with Gasteiger partial charge in [0.15, 0.2) is 0 Å². The van der Waals surface area contributed by atoms with Gasteiger partial charge >= 0.3 is 6.18 Å². The molecule has 3 aromatic rings. The Morgan fingerprint density at radius 1 is 1.08 bits per heavy atom. The number of alkyl halides is 3. The first-order chi connectivity index (χ1) is 11.5. The zero-order valence-electron chi connectivity index (χ0n) is 12.2. The quantitative estimate of drug-likeness (QED) is 0.793. The summed E-state index contributed by atoms with van der Waals surface area (Å²) in [4.78, 5) is 4.09. The molecule has 0 amide bonds. The Hall–Kier alpha value is -2.81. The number of tetrazole rings is 1. The molecule has 24 heavy (non-hydrogen) atoms. The Balaban J connectivity index is 1.90. The van der Waals surface area contributed by atoms with E-state index in [2.05, 4.69) is 20.5 Å². The summed E-state index contributed by atoms with van der Waals surface area (Å²) in [6.07, 6.45) is -4.43. The van der Waals surface area contributed by atoms with Crippen molar-refractivity contribution in [1.82, 2.24) is 25.2 Å². The molecule has 0 fully saturated rings. The smallest absolute Gasteiger partial charge is 0.386 e. The summed E-state index contributed by atoms with van der Waals surface area (Å²) in [5.41, 5.74) is -0.656. The van der Waals surface area contributed by atoms with E-state index in [1.54, 1.807) is 24.4 Å². The van der Waals surface area contributed by atoms with Crippen LogP contribution in [0.5, 0.6) is 0 Å². The number of hydrogen-bond acceptors (Lipinski definition) is 5. The van der Waals surface area contributed by atoms with Gasteiger partial charge in [0.05, 0.1) is 18.2 Å². The predicted octanol–water partition coefficient (Wildman–Crippen LogP) is 2.49. The Kier molecular flexibility index (Phi) is 4.26. The van der Waals surface area contributed by atoms with Crippen LogP contribution in [-0.4, -0.2) is 30.3 Å². The number of halogens is 3. The van der Waals surface area contributed by atoms with E-state index in [1.165, 1.54) is 22.9 Å². The molecule has 0 saturated heterocycles. The molecular formula is C15H12F3N5O. The lowest BCUT2D eigenvalue weighted by molar-refractivity contribution is -0.139. The molecule has 0 aliphatic rings. The van der Waals surface area contributed by atoms with Crippen molar-refractivity contribution in [2.45, 2.75) is 18.8 Å². The van der Waals surface area contributed by atoms with Crippen molar-refractivity contribution in [3.05, 3.63) is 59.8 Å². The molecule has 3 rings (SSSR count). The van der Waals surface area contributed by atoms with Crippen LogP contribution < -0.4 is 0 Å². The predicted molar refractivity (Wildman–Crippen MR) is 77.5 cm³/mol. The molecule has 0 radical (unpaired) electrons. The molecule has 2 heterocycles. The highest BCUT2D eigenvalue weighted by Crippen LogP contribution is 2.35. The van der Waals surface area contributed by atoms with Gasteiger partial charge in [-0.05, 0) is 34.2 Å². The second-order valence-corrected chi connectivity index (χ2v) is 5.00. The van der Waals surface area contributed by atoms with Gasteiger partial charge in [0, 0.05) is 6.20 Å². The number of hydrogen-bond donors (Lipinski definition) is 1. The lowest BCUT2D eigenvalue weighted by Gasteiger charge is -2.17. The third-order valence-corrected chi connectivity index (χ3v) is 3.40. The van der Waals surface area contributed by atoms with Crippen LogP contribution in [0.2, 0.25) is 0 Å². The monoisotopic (exact) mass is 335 g/mol. The van der Waals surface area contributed by atoms with Crippen LogP contribution in [0.4, 0.5) is 13.2 Å². The second kappa shape index (κ2) is 6.36. The first-order valence-electron chi connectivity index (χ1n) is 6.98. The third kappa shape index (κ3) is 3.25. The van der Waals surface area contributed by atoms with Crippen molar-refractivity contribution in [2.24, 2.45) is 0 Å². The number of rotatable bonds is 4. The lowest BCUT2D eigenvalue weighted by atomic mass is 10.0. The molecule has 2 aromatic heterocycles. The second-order valence-electron chi connectivity index (χ2n) is 5.00. The van der Waals surface area contributed by atoms with E-state index >= 15 is 0 Å². The van der Waals surface area contributed by atoms with Crippen LogP contribution >= 0.6 is 0 Å². The van der Waals surface area contributed by atoms with Crippen molar-refractivity contribution in [3.8, 4) is 11.5 Å². The highest BCUT2D eigenvalue weighted by molar-refractivity contribution is 5.47. The Morgan fingerprint density at radius 3 is 2.54 bits per heavy atom. The average Bonchev–Trinajstić information content (AvgIpc) is 3.03. The molecule has 9 heteroatoms. The molecule has 6 nitrogen and oxygen atoms in total. The standard InChI is InChI=1S/C15H12F3N5O/c16-15(17,18)11-6-2-1-5-10(11)13(24)9-23-14(20-21-22-23)12-7-3-4-8-19-12/h1-8,13,24H,9H2/t13-/m0/s1. The van der Waals surface area contributed by atoms with E-state index in [-0.39, 0.29) is 17.9 Å². The zero-order valence-corrected chi connectivity index (χ0v) is 12.2. The van der Waals surface area contributed by atoms with Gasteiger partial charge < -0.3 is 5.11 Å². The van der Waals surface area contributed by atoms with Crippen LogP contribution in [0.25, 0.3) is 11.5 Å². The normalized spacial score (nSPS) is 13.0. The zero-order chi connectivity index (χ0) is 17.2. The molecular weight excluding hydrogens is 323 g/mol. The molecule has 0 spiro atoms.